The van der Waals surface area contributed by atoms with Gasteiger partial charge in [-0.3, -0.25) is 4.79 Å². The van der Waals surface area contributed by atoms with Gasteiger partial charge in [0.25, 0.3) is 0 Å². The zero-order valence-electron chi connectivity index (χ0n) is 11.0. The predicted octanol–water partition coefficient (Wildman–Crippen LogP) is 2.45. The Morgan fingerprint density at radius 3 is 2.71 bits per heavy atom. The number of ether oxygens (including phenoxy) is 1. The van der Waals surface area contributed by atoms with Crippen LogP contribution in [-0.4, -0.2) is 19.1 Å². The van der Waals surface area contributed by atoms with Crippen LogP contribution < -0.4 is 10.1 Å². The molecule has 3 heteroatoms. The number of aryl methyl sites for hydroxylation is 2. The van der Waals surface area contributed by atoms with E-state index in [1.165, 1.54) is 5.56 Å². The summed E-state index contributed by atoms with van der Waals surface area (Å²) in [7, 11) is 0. The highest BCUT2D eigenvalue weighted by atomic mass is 16.5. The Morgan fingerprint density at radius 1 is 1.35 bits per heavy atom. The van der Waals surface area contributed by atoms with E-state index in [4.69, 9.17) is 4.74 Å². The van der Waals surface area contributed by atoms with Crippen LogP contribution in [0.2, 0.25) is 0 Å². The zero-order valence-corrected chi connectivity index (χ0v) is 11.0. The second-order valence-corrected chi connectivity index (χ2v) is 4.56. The van der Waals surface area contributed by atoms with Gasteiger partial charge in [-0.05, 0) is 31.0 Å². The summed E-state index contributed by atoms with van der Waals surface area (Å²) in [6, 6.07) is 6.11. The summed E-state index contributed by atoms with van der Waals surface area (Å²) >= 11 is 0. The third kappa shape index (κ3) is 4.47. The average Bonchev–Trinajstić information content (AvgIpc) is 2.28. The normalized spacial score (nSPS) is 10.4. The fourth-order valence-corrected chi connectivity index (χ4v) is 1.40. The number of amides is 1. The number of hydrogen-bond donors (Lipinski definition) is 1. The van der Waals surface area contributed by atoms with Crippen molar-refractivity contribution >= 4 is 5.91 Å². The molecule has 0 spiro atoms. The van der Waals surface area contributed by atoms with E-state index in [9.17, 15) is 4.79 Å². The number of rotatable bonds is 5. The molecule has 0 bridgehead atoms. The van der Waals surface area contributed by atoms with E-state index in [0.29, 0.717) is 13.2 Å². The summed E-state index contributed by atoms with van der Waals surface area (Å²) in [5.41, 5.74) is 2.29. The Labute approximate surface area is 103 Å². The Bertz CT molecular complexity index is 386. The van der Waals surface area contributed by atoms with Crippen LogP contribution in [0.25, 0.3) is 0 Å². The van der Waals surface area contributed by atoms with Crippen molar-refractivity contribution in [2.45, 2.75) is 27.7 Å². The molecular formula is C14H21NO2. The largest absolute Gasteiger partial charge is 0.491 e. The minimum atomic E-state index is 0.0238. The van der Waals surface area contributed by atoms with Crippen LogP contribution in [-0.2, 0) is 4.79 Å². The van der Waals surface area contributed by atoms with Gasteiger partial charge in [0.05, 0.1) is 6.54 Å². The van der Waals surface area contributed by atoms with Crippen molar-refractivity contribution in [2.24, 2.45) is 5.92 Å². The standard InChI is InChI=1S/C14H21NO2/c1-10(2)14(16)15-7-8-17-13-9-11(3)5-6-12(13)4/h5-6,9-10H,7-8H2,1-4H3,(H,15,16). The van der Waals surface area contributed by atoms with Gasteiger partial charge < -0.3 is 10.1 Å². The highest BCUT2D eigenvalue weighted by Crippen LogP contribution is 2.18. The molecule has 0 saturated carbocycles. The lowest BCUT2D eigenvalue weighted by Gasteiger charge is -2.11. The van der Waals surface area contributed by atoms with Crippen LogP contribution in [0.4, 0.5) is 0 Å². The molecule has 94 valence electrons. The molecule has 0 fully saturated rings. The maximum Gasteiger partial charge on any atom is 0.222 e. The van der Waals surface area contributed by atoms with Gasteiger partial charge in [0.2, 0.25) is 5.91 Å². The second-order valence-electron chi connectivity index (χ2n) is 4.56. The summed E-state index contributed by atoms with van der Waals surface area (Å²) < 4.78 is 5.63. The second kappa shape index (κ2) is 6.28. The van der Waals surface area contributed by atoms with E-state index in [1.54, 1.807) is 0 Å². The minimum absolute atomic E-state index is 0.0238. The van der Waals surface area contributed by atoms with Crippen LogP contribution in [0.5, 0.6) is 5.75 Å². The van der Waals surface area contributed by atoms with Crippen molar-refractivity contribution in [1.29, 1.82) is 0 Å². The smallest absolute Gasteiger partial charge is 0.222 e. The first kappa shape index (κ1) is 13.6. The Hall–Kier alpha value is -1.51. The molecule has 0 aliphatic heterocycles. The van der Waals surface area contributed by atoms with E-state index in [1.807, 2.05) is 39.8 Å². The molecule has 3 nitrogen and oxygen atoms in total. The van der Waals surface area contributed by atoms with Gasteiger partial charge in [-0.1, -0.05) is 26.0 Å². The van der Waals surface area contributed by atoms with E-state index < -0.39 is 0 Å². The summed E-state index contributed by atoms with van der Waals surface area (Å²) in [4.78, 5) is 11.3. The van der Waals surface area contributed by atoms with Crippen LogP contribution in [0.15, 0.2) is 18.2 Å². The van der Waals surface area contributed by atoms with Crippen LogP contribution >= 0.6 is 0 Å². The number of nitrogens with one attached hydrogen (secondary N) is 1. The predicted molar refractivity (Wildman–Crippen MR) is 69.3 cm³/mol. The van der Waals surface area contributed by atoms with Gasteiger partial charge in [0.15, 0.2) is 0 Å². The summed E-state index contributed by atoms with van der Waals surface area (Å²) in [5, 5.41) is 2.82. The molecule has 0 aromatic heterocycles. The van der Waals surface area contributed by atoms with Crippen molar-refractivity contribution in [3.05, 3.63) is 29.3 Å². The summed E-state index contributed by atoms with van der Waals surface area (Å²) in [6.07, 6.45) is 0. The molecule has 0 heterocycles. The molecule has 1 N–H and O–H groups in total. The van der Waals surface area contributed by atoms with E-state index in [-0.39, 0.29) is 11.8 Å². The number of carbonyl (C=O) groups is 1. The van der Waals surface area contributed by atoms with Crippen molar-refractivity contribution in [3.63, 3.8) is 0 Å². The molecule has 0 unspecified atom stereocenters. The lowest BCUT2D eigenvalue weighted by Crippen LogP contribution is -2.31. The van der Waals surface area contributed by atoms with Gasteiger partial charge in [-0.15, -0.1) is 0 Å². The zero-order chi connectivity index (χ0) is 12.8. The fourth-order valence-electron chi connectivity index (χ4n) is 1.40. The molecule has 17 heavy (non-hydrogen) atoms. The molecule has 1 aromatic carbocycles. The lowest BCUT2D eigenvalue weighted by molar-refractivity contribution is -0.124. The third-order valence-electron chi connectivity index (χ3n) is 2.53. The SMILES string of the molecule is Cc1ccc(C)c(OCCNC(=O)C(C)C)c1. The highest BCUT2D eigenvalue weighted by Gasteiger charge is 2.05. The van der Waals surface area contributed by atoms with Crippen LogP contribution in [0.1, 0.15) is 25.0 Å². The average molecular weight is 235 g/mol. The first-order valence-corrected chi connectivity index (χ1v) is 5.98. The molecule has 0 aliphatic rings. The minimum Gasteiger partial charge on any atom is -0.491 e. The maximum absolute atomic E-state index is 11.3. The monoisotopic (exact) mass is 235 g/mol. The van der Waals surface area contributed by atoms with E-state index >= 15 is 0 Å². The Morgan fingerprint density at radius 2 is 2.06 bits per heavy atom. The number of hydrogen-bond acceptors (Lipinski definition) is 2. The van der Waals surface area contributed by atoms with Gasteiger partial charge >= 0.3 is 0 Å². The van der Waals surface area contributed by atoms with Crippen molar-refractivity contribution in [1.82, 2.24) is 5.32 Å². The van der Waals surface area contributed by atoms with Gasteiger partial charge in [-0.25, -0.2) is 0 Å². The summed E-state index contributed by atoms with van der Waals surface area (Å²) in [6.45, 7) is 8.85. The first-order chi connectivity index (χ1) is 8.00. The topological polar surface area (TPSA) is 38.3 Å². The number of benzene rings is 1. The van der Waals surface area contributed by atoms with Crippen LogP contribution in [0, 0.1) is 19.8 Å². The van der Waals surface area contributed by atoms with Gasteiger partial charge in [0.1, 0.15) is 12.4 Å². The third-order valence-corrected chi connectivity index (χ3v) is 2.53. The number of carbonyl (C=O) groups excluding carboxylic acids is 1. The van der Waals surface area contributed by atoms with Gasteiger partial charge in [-0.2, -0.15) is 0 Å². The van der Waals surface area contributed by atoms with E-state index in [0.717, 1.165) is 11.3 Å². The molecule has 1 aromatic rings. The molecule has 1 rings (SSSR count). The first-order valence-electron chi connectivity index (χ1n) is 5.98. The maximum atomic E-state index is 11.3. The molecular weight excluding hydrogens is 214 g/mol. The Balaban J connectivity index is 2.36. The van der Waals surface area contributed by atoms with Crippen LogP contribution in [0.3, 0.4) is 0 Å². The lowest BCUT2D eigenvalue weighted by atomic mass is 10.1. The Kier molecular flexibility index (Phi) is 5.01. The summed E-state index contributed by atoms with van der Waals surface area (Å²) in [5.74, 6) is 0.981. The molecule has 0 radical (unpaired) electrons. The van der Waals surface area contributed by atoms with Crippen molar-refractivity contribution in [2.75, 3.05) is 13.2 Å². The van der Waals surface area contributed by atoms with Crippen molar-refractivity contribution in [3.8, 4) is 5.75 Å². The van der Waals surface area contributed by atoms with E-state index in [2.05, 4.69) is 11.4 Å². The molecule has 0 atom stereocenters. The van der Waals surface area contributed by atoms with Crippen molar-refractivity contribution < 1.29 is 9.53 Å². The molecule has 1 amide bonds. The van der Waals surface area contributed by atoms with Gasteiger partial charge in [0, 0.05) is 5.92 Å². The fraction of sp³-hybridized carbons (Fsp3) is 0.500. The highest BCUT2D eigenvalue weighted by molar-refractivity contribution is 5.77. The quantitative estimate of drug-likeness (QED) is 0.796. The molecule has 0 aliphatic carbocycles. The molecule has 0 saturated heterocycles.